The second-order valence-corrected chi connectivity index (χ2v) is 5.54. The lowest BCUT2D eigenvalue weighted by molar-refractivity contribution is 0.0696. The van der Waals surface area contributed by atoms with Gasteiger partial charge in [0.1, 0.15) is 0 Å². The molecule has 0 fully saturated rings. The molecule has 1 aliphatic heterocycles. The smallest absolute Gasteiger partial charge is 0.335 e. The molecular weight excluding hydrogens is 274 g/mol. The third-order valence-corrected chi connectivity index (χ3v) is 3.97. The van der Waals surface area contributed by atoms with Crippen LogP contribution < -0.4 is 0 Å². The molecule has 22 heavy (non-hydrogen) atoms. The molecule has 1 aliphatic rings. The molecular formula is C19H19NO2. The number of hydrogen-bond donors (Lipinski definition) is 1. The van der Waals surface area contributed by atoms with Crippen molar-refractivity contribution >= 4 is 5.97 Å². The van der Waals surface area contributed by atoms with Gasteiger partial charge in [-0.1, -0.05) is 48.6 Å². The maximum absolute atomic E-state index is 11.3. The molecule has 3 heteroatoms. The molecule has 0 atom stereocenters. The van der Waals surface area contributed by atoms with Gasteiger partial charge in [-0.15, -0.1) is 0 Å². The minimum atomic E-state index is -0.876. The normalized spacial score (nSPS) is 14.9. The molecule has 3 nitrogen and oxygen atoms in total. The van der Waals surface area contributed by atoms with E-state index in [2.05, 4.69) is 29.2 Å². The van der Waals surface area contributed by atoms with Gasteiger partial charge in [0.05, 0.1) is 5.56 Å². The summed E-state index contributed by atoms with van der Waals surface area (Å²) in [4.78, 5) is 13.6. The fourth-order valence-electron chi connectivity index (χ4n) is 2.83. The highest BCUT2D eigenvalue weighted by Gasteiger charge is 2.14. The summed E-state index contributed by atoms with van der Waals surface area (Å²) in [6.07, 6.45) is 5.42. The van der Waals surface area contributed by atoms with Crippen LogP contribution in [0, 0.1) is 0 Å². The zero-order valence-electron chi connectivity index (χ0n) is 12.4. The first-order valence-electron chi connectivity index (χ1n) is 7.53. The SMILES string of the molecule is O=C(O)c1ccc(-c2ccccc2)c(CN2CC=CCC2)c1. The van der Waals surface area contributed by atoms with Gasteiger partial charge in [-0.05, 0) is 35.2 Å². The Balaban J connectivity index is 1.97. The molecule has 0 saturated carbocycles. The van der Waals surface area contributed by atoms with Crippen LogP contribution in [-0.2, 0) is 6.54 Å². The number of benzene rings is 2. The lowest BCUT2D eigenvalue weighted by atomic mass is 9.97. The summed E-state index contributed by atoms with van der Waals surface area (Å²) in [6, 6.07) is 15.6. The Bertz CT molecular complexity index is 692. The summed E-state index contributed by atoms with van der Waals surface area (Å²) in [5, 5.41) is 9.25. The second-order valence-electron chi connectivity index (χ2n) is 5.54. The minimum Gasteiger partial charge on any atom is -0.478 e. The first-order chi connectivity index (χ1) is 10.7. The number of nitrogens with zero attached hydrogens (tertiary/aromatic N) is 1. The number of carbonyl (C=O) groups is 1. The highest BCUT2D eigenvalue weighted by Crippen LogP contribution is 2.26. The maximum Gasteiger partial charge on any atom is 0.335 e. The zero-order valence-corrected chi connectivity index (χ0v) is 12.4. The topological polar surface area (TPSA) is 40.5 Å². The Morgan fingerprint density at radius 1 is 1.09 bits per heavy atom. The number of carboxylic acid groups (broad SMARTS) is 1. The fourth-order valence-corrected chi connectivity index (χ4v) is 2.83. The van der Waals surface area contributed by atoms with Crippen LogP contribution in [0.4, 0.5) is 0 Å². The Kier molecular flexibility index (Phi) is 4.35. The van der Waals surface area contributed by atoms with Crippen molar-refractivity contribution < 1.29 is 9.90 Å². The van der Waals surface area contributed by atoms with E-state index in [0.29, 0.717) is 5.56 Å². The highest BCUT2D eigenvalue weighted by atomic mass is 16.4. The molecule has 112 valence electrons. The summed E-state index contributed by atoms with van der Waals surface area (Å²) in [5.74, 6) is -0.876. The van der Waals surface area contributed by atoms with E-state index in [-0.39, 0.29) is 0 Å². The Morgan fingerprint density at radius 2 is 1.91 bits per heavy atom. The fraction of sp³-hybridized carbons (Fsp3) is 0.211. The average molecular weight is 293 g/mol. The maximum atomic E-state index is 11.3. The van der Waals surface area contributed by atoms with Gasteiger partial charge in [0.2, 0.25) is 0 Å². The second kappa shape index (κ2) is 6.58. The molecule has 0 bridgehead atoms. The van der Waals surface area contributed by atoms with Crippen LogP contribution in [0.5, 0.6) is 0 Å². The molecule has 0 saturated heterocycles. The molecule has 1 heterocycles. The quantitative estimate of drug-likeness (QED) is 0.871. The van der Waals surface area contributed by atoms with Crippen LogP contribution in [0.1, 0.15) is 22.3 Å². The largest absolute Gasteiger partial charge is 0.478 e. The van der Waals surface area contributed by atoms with E-state index in [0.717, 1.165) is 42.7 Å². The van der Waals surface area contributed by atoms with E-state index in [1.165, 1.54) is 0 Å². The molecule has 0 unspecified atom stereocenters. The summed E-state index contributed by atoms with van der Waals surface area (Å²) in [6.45, 7) is 2.71. The van der Waals surface area contributed by atoms with Gasteiger partial charge < -0.3 is 5.11 Å². The third kappa shape index (κ3) is 3.26. The van der Waals surface area contributed by atoms with Crippen LogP contribution in [0.2, 0.25) is 0 Å². The van der Waals surface area contributed by atoms with Gasteiger partial charge in [0, 0.05) is 19.6 Å². The van der Waals surface area contributed by atoms with E-state index in [1.54, 1.807) is 6.07 Å². The van der Waals surface area contributed by atoms with E-state index in [1.807, 2.05) is 30.3 Å². The minimum absolute atomic E-state index is 0.349. The Labute approximate surface area is 130 Å². The van der Waals surface area contributed by atoms with Crippen LogP contribution >= 0.6 is 0 Å². The van der Waals surface area contributed by atoms with Crippen molar-refractivity contribution in [1.82, 2.24) is 4.90 Å². The van der Waals surface area contributed by atoms with Crippen molar-refractivity contribution in [3.8, 4) is 11.1 Å². The first-order valence-corrected chi connectivity index (χ1v) is 7.53. The molecule has 0 amide bonds. The Hall–Kier alpha value is -2.39. The lowest BCUT2D eigenvalue weighted by Gasteiger charge is -2.24. The number of aromatic carboxylic acids is 1. The summed E-state index contributed by atoms with van der Waals surface area (Å²) in [7, 11) is 0. The van der Waals surface area contributed by atoms with Crippen molar-refractivity contribution in [2.75, 3.05) is 13.1 Å². The van der Waals surface area contributed by atoms with E-state index < -0.39 is 5.97 Å². The van der Waals surface area contributed by atoms with Gasteiger partial charge in [0.15, 0.2) is 0 Å². The molecule has 1 N–H and O–H groups in total. The third-order valence-electron chi connectivity index (χ3n) is 3.97. The van der Waals surface area contributed by atoms with E-state index in [9.17, 15) is 9.90 Å². The van der Waals surface area contributed by atoms with Crippen LogP contribution in [-0.4, -0.2) is 29.1 Å². The van der Waals surface area contributed by atoms with Crippen molar-refractivity contribution in [2.24, 2.45) is 0 Å². The van der Waals surface area contributed by atoms with E-state index in [4.69, 9.17) is 0 Å². The number of carboxylic acids is 1. The van der Waals surface area contributed by atoms with Gasteiger partial charge in [-0.25, -0.2) is 4.79 Å². The van der Waals surface area contributed by atoms with Crippen molar-refractivity contribution in [1.29, 1.82) is 0 Å². The predicted octanol–water partition coefficient (Wildman–Crippen LogP) is 3.81. The van der Waals surface area contributed by atoms with Gasteiger partial charge in [-0.2, -0.15) is 0 Å². The first kappa shape index (κ1) is 14.5. The van der Waals surface area contributed by atoms with Crippen molar-refractivity contribution in [3.05, 3.63) is 71.8 Å². The average Bonchev–Trinajstić information content (AvgIpc) is 2.56. The van der Waals surface area contributed by atoms with Crippen molar-refractivity contribution in [3.63, 3.8) is 0 Å². The zero-order chi connectivity index (χ0) is 15.4. The van der Waals surface area contributed by atoms with Gasteiger partial charge >= 0.3 is 5.97 Å². The summed E-state index contributed by atoms with van der Waals surface area (Å²) in [5.41, 5.74) is 3.66. The molecule has 2 aromatic rings. The van der Waals surface area contributed by atoms with Crippen LogP contribution in [0.15, 0.2) is 60.7 Å². The molecule has 0 radical (unpaired) electrons. The number of hydrogen-bond acceptors (Lipinski definition) is 2. The van der Waals surface area contributed by atoms with Crippen LogP contribution in [0.3, 0.4) is 0 Å². The monoisotopic (exact) mass is 293 g/mol. The summed E-state index contributed by atoms with van der Waals surface area (Å²) < 4.78 is 0. The molecule has 0 aliphatic carbocycles. The van der Waals surface area contributed by atoms with Crippen molar-refractivity contribution in [2.45, 2.75) is 13.0 Å². The molecule has 0 spiro atoms. The number of rotatable bonds is 4. The van der Waals surface area contributed by atoms with Gasteiger partial charge in [0.25, 0.3) is 0 Å². The van der Waals surface area contributed by atoms with Crippen LogP contribution in [0.25, 0.3) is 11.1 Å². The molecule has 2 aromatic carbocycles. The molecule has 0 aromatic heterocycles. The lowest BCUT2D eigenvalue weighted by Crippen LogP contribution is -2.27. The molecule has 3 rings (SSSR count). The Morgan fingerprint density at radius 3 is 2.59 bits per heavy atom. The predicted molar refractivity (Wildman–Crippen MR) is 87.9 cm³/mol. The standard InChI is InChI=1S/C19H19NO2/c21-19(22)16-9-10-18(15-7-3-1-4-8-15)17(13-16)14-20-11-5-2-6-12-20/h1-5,7-10,13H,6,11-12,14H2,(H,21,22). The van der Waals surface area contributed by atoms with E-state index >= 15 is 0 Å². The highest BCUT2D eigenvalue weighted by molar-refractivity contribution is 5.89. The van der Waals surface area contributed by atoms with Gasteiger partial charge in [-0.3, -0.25) is 4.90 Å². The summed E-state index contributed by atoms with van der Waals surface area (Å²) >= 11 is 0.